The number of urea groups is 1. The van der Waals surface area contributed by atoms with Crippen molar-refractivity contribution in [3.05, 3.63) is 22.8 Å². The lowest BCUT2D eigenvalue weighted by Crippen LogP contribution is -2.52. The van der Waals surface area contributed by atoms with E-state index in [4.69, 9.17) is 23.2 Å². The number of hydrogen-bond acceptors (Lipinski definition) is 4. The van der Waals surface area contributed by atoms with Crippen molar-refractivity contribution in [2.45, 2.75) is 17.2 Å². The van der Waals surface area contributed by atoms with Crippen molar-refractivity contribution in [2.75, 3.05) is 12.3 Å². The van der Waals surface area contributed by atoms with E-state index < -0.39 is 17.3 Å². The number of halogens is 2. The Morgan fingerprint density at radius 3 is 2.62 bits per heavy atom. The monoisotopic (exact) mass is 347 g/mol. The maximum atomic E-state index is 12.1. The Hall–Kier alpha value is -1.18. The summed E-state index contributed by atoms with van der Waals surface area (Å²) in [5, 5.41) is 4.28. The fourth-order valence-corrected chi connectivity index (χ4v) is 4.34. The summed E-state index contributed by atoms with van der Waals surface area (Å²) in [6.45, 7) is -0.102. The van der Waals surface area contributed by atoms with Crippen molar-refractivity contribution < 1.29 is 14.4 Å². The molecule has 4 amide bonds. The third-order valence-corrected chi connectivity index (χ3v) is 5.24. The molecule has 0 aromatic heterocycles. The number of thioether (sulfide) groups is 1. The van der Waals surface area contributed by atoms with Gasteiger partial charge in [-0.3, -0.25) is 9.59 Å². The number of allylic oxidation sites excluding steroid dienone is 3. The van der Waals surface area contributed by atoms with Crippen LogP contribution in [0.4, 0.5) is 4.79 Å². The van der Waals surface area contributed by atoms with Gasteiger partial charge in [0.25, 0.3) is 11.8 Å². The third kappa shape index (κ3) is 2.54. The number of carbonyl (C=O) groups excluding carboxylic acids is 3. The fraction of sp³-hybridized carbons (Fsp3) is 0.417. The average Bonchev–Trinajstić information content (AvgIpc) is 2.94. The van der Waals surface area contributed by atoms with E-state index in [2.05, 4.69) is 5.32 Å². The van der Waals surface area contributed by atoms with Crippen LogP contribution in [0, 0.1) is 0 Å². The molecule has 0 unspecified atom stereocenters. The number of amides is 4. The molecule has 0 aromatic rings. The standard InChI is InChI=1S/C12H11Cl2N3O3S/c13-6-1-2-7(8(14)3-6)11-16(10(19)5-21-11)17-9(18)4-15-12(17)20/h1-2,8,11H,3-5H2,(H,15,20)/t8-,11+/m0/s1. The zero-order valence-corrected chi connectivity index (χ0v) is 13.0. The van der Waals surface area contributed by atoms with E-state index in [1.54, 1.807) is 12.2 Å². The number of rotatable bonds is 2. The highest BCUT2D eigenvalue weighted by molar-refractivity contribution is 8.01. The van der Waals surface area contributed by atoms with Gasteiger partial charge in [-0.1, -0.05) is 17.7 Å². The molecule has 21 heavy (non-hydrogen) atoms. The molecule has 0 aromatic carbocycles. The third-order valence-electron chi connectivity index (χ3n) is 3.35. The number of imide groups is 1. The molecule has 1 aliphatic carbocycles. The highest BCUT2D eigenvalue weighted by Gasteiger charge is 2.46. The second-order valence-corrected chi connectivity index (χ2v) is 6.80. The number of alkyl halides is 1. The summed E-state index contributed by atoms with van der Waals surface area (Å²) in [5.74, 6) is -0.544. The number of carbonyl (C=O) groups is 3. The predicted molar refractivity (Wildman–Crippen MR) is 79.6 cm³/mol. The molecule has 1 N–H and O–H groups in total. The van der Waals surface area contributed by atoms with E-state index >= 15 is 0 Å². The number of hydrazine groups is 1. The molecule has 2 heterocycles. The Balaban J connectivity index is 1.93. The van der Waals surface area contributed by atoms with Gasteiger partial charge >= 0.3 is 6.03 Å². The molecule has 9 heteroatoms. The van der Waals surface area contributed by atoms with Crippen molar-refractivity contribution >= 4 is 52.8 Å². The minimum atomic E-state index is -0.586. The summed E-state index contributed by atoms with van der Waals surface area (Å²) < 4.78 is 0. The van der Waals surface area contributed by atoms with Gasteiger partial charge in [-0.2, -0.15) is 5.01 Å². The molecule has 2 aliphatic heterocycles. The van der Waals surface area contributed by atoms with Gasteiger partial charge in [0, 0.05) is 11.5 Å². The number of nitrogens with one attached hydrogen (secondary N) is 1. The van der Waals surface area contributed by atoms with E-state index in [1.807, 2.05) is 0 Å². The van der Waals surface area contributed by atoms with Crippen LogP contribution in [0.3, 0.4) is 0 Å². The normalized spacial score (nSPS) is 29.7. The van der Waals surface area contributed by atoms with E-state index in [9.17, 15) is 14.4 Å². The Kier molecular flexibility index (Phi) is 3.90. The first kappa shape index (κ1) is 14.7. The SMILES string of the molecule is O=C1CNC(=O)N1N1C(=O)CS[C@@H]1C1=CC=C(Cl)C[C@@H]1Cl. The van der Waals surface area contributed by atoms with Crippen molar-refractivity contribution in [1.29, 1.82) is 0 Å². The maximum absolute atomic E-state index is 12.1. The minimum Gasteiger partial charge on any atom is -0.327 e. The predicted octanol–water partition coefficient (Wildman–Crippen LogP) is 1.41. The summed E-state index contributed by atoms with van der Waals surface area (Å²) in [7, 11) is 0. The van der Waals surface area contributed by atoms with Gasteiger partial charge in [-0.05, 0) is 11.6 Å². The Bertz CT molecular complexity index is 576. The van der Waals surface area contributed by atoms with Crippen molar-refractivity contribution in [1.82, 2.24) is 15.3 Å². The highest BCUT2D eigenvalue weighted by Crippen LogP contribution is 2.39. The minimum absolute atomic E-state index is 0.102. The molecular weight excluding hydrogens is 337 g/mol. The van der Waals surface area contributed by atoms with Gasteiger partial charge in [-0.15, -0.1) is 23.4 Å². The lowest BCUT2D eigenvalue weighted by atomic mass is 10.0. The molecule has 2 fully saturated rings. The highest BCUT2D eigenvalue weighted by atomic mass is 35.5. The second-order valence-electron chi connectivity index (χ2n) is 4.72. The van der Waals surface area contributed by atoms with Crippen LogP contribution in [0.2, 0.25) is 0 Å². The van der Waals surface area contributed by atoms with E-state index in [0.717, 1.165) is 10.6 Å². The summed E-state index contributed by atoms with van der Waals surface area (Å²) >= 11 is 13.6. The zero-order valence-electron chi connectivity index (χ0n) is 10.7. The van der Waals surface area contributed by atoms with Gasteiger partial charge in [0.1, 0.15) is 11.9 Å². The van der Waals surface area contributed by atoms with Gasteiger partial charge in [0.15, 0.2) is 0 Å². The smallest absolute Gasteiger partial charge is 0.327 e. The van der Waals surface area contributed by atoms with Crippen molar-refractivity contribution in [2.24, 2.45) is 0 Å². The van der Waals surface area contributed by atoms with Crippen LogP contribution in [-0.4, -0.2) is 50.9 Å². The second kappa shape index (κ2) is 5.55. The van der Waals surface area contributed by atoms with Gasteiger partial charge in [0.2, 0.25) is 0 Å². The molecule has 3 rings (SSSR count). The lowest BCUT2D eigenvalue weighted by molar-refractivity contribution is -0.151. The number of hydrogen-bond donors (Lipinski definition) is 1. The molecule has 112 valence electrons. The molecule has 2 atom stereocenters. The molecule has 0 spiro atoms. The lowest BCUT2D eigenvalue weighted by Gasteiger charge is -2.33. The maximum Gasteiger partial charge on any atom is 0.344 e. The summed E-state index contributed by atoms with van der Waals surface area (Å²) in [6.07, 6.45) is 3.95. The molecule has 6 nitrogen and oxygen atoms in total. The average molecular weight is 348 g/mol. The molecule has 3 aliphatic rings. The summed E-state index contributed by atoms with van der Waals surface area (Å²) in [6, 6.07) is -0.586. The first-order valence-corrected chi connectivity index (χ1v) is 8.10. The van der Waals surface area contributed by atoms with Crippen LogP contribution >= 0.6 is 35.0 Å². The fourth-order valence-electron chi connectivity index (χ4n) is 2.39. The Morgan fingerprint density at radius 1 is 1.24 bits per heavy atom. The Morgan fingerprint density at radius 2 is 2.00 bits per heavy atom. The van der Waals surface area contributed by atoms with E-state index in [-0.39, 0.29) is 23.6 Å². The van der Waals surface area contributed by atoms with Gasteiger partial charge in [-0.25, -0.2) is 9.80 Å². The molecule has 2 saturated heterocycles. The summed E-state index contributed by atoms with van der Waals surface area (Å²) in [4.78, 5) is 35.7. The van der Waals surface area contributed by atoms with Crippen LogP contribution in [0.1, 0.15) is 6.42 Å². The van der Waals surface area contributed by atoms with Gasteiger partial charge in [0.05, 0.1) is 11.1 Å². The Labute approximate surface area is 135 Å². The van der Waals surface area contributed by atoms with Crippen LogP contribution in [0.15, 0.2) is 22.8 Å². The zero-order chi connectivity index (χ0) is 15.1. The first-order chi connectivity index (χ1) is 9.99. The van der Waals surface area contributed by atoms with Crippen molar-refractivity contribution in [3.63, 3.8) is 0 Å². The van der Waals surface area contributed by atoms with E-state index in [1.165, 1.54) is 16.8 Å². The van der Waals surface area contributed by atoms with Crippen molar-refractivity contribution in [3.8, 4) is 0 Å². The molecule has 0 radical (unpaired) electrons. The largest absolute Gasteiger partial charge is 0.344 e. The van der Waals surface area contributed by atoms with Crippen LogP contribution in [-0.2, 0) is 9.59 Å². The topological polar surface area (TPSA) is 69.7 Å². The van der Waals surface area contributed by atoms with Crippen LogP contribution < -0.4 is 5.32 Å². The van der Waals surface area contributed by atoms with Crippen LogP contribution in [0.25, 0.3) is 0 Å². The quantitative estimate of drug-likeness (QED) is 0.605. The van der Waals surface area contributed by atoms with E-state index in [0.29, 0.717) is 11.5 Å². The molecule has 0 bridgehead atoms. The molecule has 0 saturated carbocycles. The van der Waals surface area contributed by atoms with Crippen LogP contribution in [0.5, 0.6) is 0 Å². The summed E-state index contributed by atoms with van der Waals surface area (Å²) in [5.41, 5.74) is 0.768. The molecular formula is C12H11Cl2N3O3S. The van der Waals surface area contributed by atoms with Gasteiger partial charge < -0.3 is 5.32 Å². The first-order valence-electron chi connectivity index (χ1n) is 6.23. The number of nitrogens with zero attached hydrogens (tertiary/aromatic N) is 2.